The van der Waals surface area contributed by atoms with E-state index in [-0.39, 0.29) is 5.91 Å². The molecule has 144 valence electrons. The fraction of sp³-hybridized carbons (Fsp3) is 0.120. The lowest BCUT2D eigenvalue weighted by Crippen LogP contribution is -2.14. The number of amides is 1. The van der Waals surface area contributed by atoms with E-state index in [9.17, 15) is 4.79 Å². The van der Waals surface area contributed by atoms with Gasteiger partial charge in [-0.1, -0.05) is 84.4 Å². The van der Waals surface area contributed by atoms with E-state index in [1.165, 1.54) is 28.0 Å². The Hall–Kier alpha value is -3.24. The van der Waals surface area contributed by atoms with E-state index >= 15 is 0 Å². The second-order valence-corrected chi connectivity index (χ2v) is 7.97. The van der Waals surface area contributed by atoms with Crippen molar-refractivity contribution in [2.45, 2.75) is 19.8 Å². The summed E-state index contributed by atoms with van der Waals surface area (Å²) in [6.07, 6.45) is 1.27. The van der Waals surface area contributed by atoms with Crippen molar-refractivity contribution in [3.05, 3.63) is 106 Å². The van der Waals surface area contributed by atoms with Crippen LogP contribution in [0.25, 0.3) is 11.3 Å². The van der Waals surface area contributed by atoms with Crippen LogP contribution in [0.1, 0.15) is 22.3 Å². The Morgan fingerprint density at radius 1 is 0.862 bits per heavy atom. The first-order valence-electron chi connectivity index (χ1n) is 9.60. The molecule has 29 heavy (non-hydrogen) atoms. The number of nitrogens with zero attached hydrogens (tertiary/aromatic N) is 1. The Balaban J connectivity index is 1.38. The highest BCUT2D eigenvalue weighted by Crippen LogP contribution is 2.25. The maximum Gasteiger partial charge on any atom is 0.230 e. The summed E-state index contributed by atoms with van der Waals surface area (Å²) in [6.45, 7) is 2.04. The lowest BCUT2D eigenvalue weighted by molar-refractivity contribution is -0.115. The minimum Gasteiger partial charge on any atom is -0.302 e. The zero-order valence-corrected chi connectivity index (χ0v) is 17.1. The molecule has 1 amide bonds. The molecule has 0 spiro atoms. The zero-order chi connectivity index (χ0) is 20.1. The molecule has 1 aromatic heterocycles. The lowest BCUT2D eigenvalue weighted by atomic mass is 10.0. The van der Waals surface area contributed by atoms with E-state index in [1.807, 2.05) is 42.6 Å². The summed E-state index contributed by atoms with van der Waals surface area (Å²) >= 11 is 1.45. The van der Waals surface area contributed by atoms with Gasteiger partial charge in [-0.3, -0.25) is 4.79 Å². The summed E-state index contributed by atoms with van der Waals surface area (Å²) in [4.78, 5) is 16.9. The first-order chi connectivity index (χ1) is 14.2. The molecule has 4 rings (SSSR count). The number of benzene rings is 3. The van der Waals surface area contributed by atoms with Gasteiger partial charge in [0, 0.05) is 10.9 Å². The molecule has 1 N–H and O–H groups in total. The van der Waals surface area contributed by atoms with Crippen LogP contribution in [0.2, 0.25) is 0 Å². The highest BCUT2D eigenvalue weighted by molar-refractivity contribution is 7.14. The van der Waals surface area contributed by atoms with Gasteiger partial charge in [0.1, 0.15) is 0 Å². The van der Waals surface area contributed by atoms with Gasteiger partial charge < -0.3 is 5.32 Å². The molecule has 0 fully saturated rings. The molecule has 0 radical (unpaired) electrons. The van der Waals surface area contributed by atoms with Gasteiger partial charge in [-0.2, -0.15) is 0 Å². The Kier molecular flexibility index (Phi) is 5.82. The first kappa shape index (κ1) is 19.1. The third-order valence-corrected chi connectivity index (χ3v) is 5.49. The standard InChI is InChI=1S/C25H22N2OS/c1-18-7-9-21(10-8-18)16-24(28)27-25-26-23(17-29-25)22-13-11-20(12-14-22)15-19-5-3-2-4-6-19/h2-14,17H,15-16H2,1H3,(H,26,27,28). The SMILES string of the molecule is Cc1ccc(CC(=O)Nc2nc(-c3ccc(Cc4ccccc4)cc3)cs2)cc1. The van der Waals surface area contributed by atoms with Crippen LogP contribution in [0.15, 0.2) is 84.2 Å². The van der Waals surface area contributed by atoms with Gasteiger partial charge in [-0.15, -0.1) is 11.3 Å². The second kappa shape index (κ2) is 8.84. The average molecular weight is 399 g/mol. The van der Waals surface area contributed by atoms with E-state index in [1.54, 1.807) is 0 Å². The number of carbonyl (C=O) groups excluding carboxylic acids is 1. The Morgan fingerprint density at radius 3 is 2.24 bits per heavy atom. The van der Waals surface area contributed by atoms with Gasteiger partial charge in [0.05, 0.1) is 12.1 Å². The topological polar surface area (TPSA) is 42.0 Å². The minimum atomic E-state index is -0.0482. The number of nitrogens with one attached hydrogen (secondary N) is 1. The molecule has 0 aliphatic carbocycles. The van der Waals surface area contributed by atoms with Crippen molar-refractivity contribution in [1.82, 2.24) is 4.98 Å². The summed E-state index contributed by atoms with van der Waals surface area (Å²) < 4.78 is 0. The number of hydrogen-bond acceptors (Lipinski definition) is 3. The molecule has 0 unspecified atom stereocenters. The second-order valence-electron chi connectivity index (χ2n) is 7.11. The number of hydrogen-bond donors (Lipinski definition) is 1. The van der Waals surface area contributed by atoms with E-state index < -0.39 is 0 Å². The third-order valence-electron chi connectivity index (χ3n) is 4.74. The summed E-state index contributed by atoms with van der Waals surface area (Å²) in [5, 5.41) is 5.52. The molecule has 4 aromatic rings. The van der Waals surface area contributed by atoms with Gasteiger partial charge in [-0.25, -0.2) is 4.98 Å². The van der Waals surface area contributed by atoms with Crippen molar-refractivity contribution in [3.8, 4) is 11.3 Å². The molecule has 0 aliphatic rings. The molecule has 1 heterocycles. The van der Waals surface area contributed by atoms with Crippen LogP contribution in [-0.4, -0.2) is 10.9 Å². The van der Waals surface area contributed by atoms with Gasteiger partial charge >= 0.3 is 0 Å². The Morgan fingerprint density at radius 2 is 1.52 bits per heavy atom. The number of thiazole rings is 1. The number of anilines is 1. The van der Waals surface area contributed by atoms with Crippen molar-refractivity contribution < 1.29 is 4.79 Å². The molecule has 0 atom stereocenters. The quantitative estimate of drug-likeness (QED) is 0.440. The monoisotopic (exact) mass is 398 g/mol. The maximum atomic E-state index is 12.3. The number of carbonyl (C=O) groups is 1. The summed E-state index contributed by atoms with van der Waals surface area (Å²) in [7, 11) is 0. The van der Waals surface area contributed by atoms with Gasteiger partial charge in [0.2, 0.25) is 5.91 Å². The highest BCUT2D eigenvalue weighted by atomic mass is 32.1. The molecule has 0 saturated carbocycles. The zero-order valence-electron chi connectivity index (χ0n) is 16.3. The number of rotatable bonds is 6. The number of aromatic nitrogens is 1. The molecule has 0 aliphatic heterocycles. The van der Waals surface area contributed by atoms with Crippen LogP contribution in [0.4, 0.5) is 5.13 Å². The predicted octanol–water partition coefficient (Wildman–Crippen LogP) is 5.89. The molecule has 4 heteroatoms. The third kappa shape index (κ3) is 5.18. The Bertz CT molecular complexity index is 1080. The number of aryl methyl sites for hydroxylation is 1. The van der Waals surface area contributed by atoms with Crippen molar-refractivity contribution in [2.75, 3.05) is 5.32 Å². The minimum absolute atomic E-state index is 0.0482. The highest BCUT2D eigenvalue weighted by Gasteiger charge is 2.09. The van der Waals surface area contributed by atoms with Crippen LogP contribution >= 0.6 is 11.3 Å². The van der Waals surface area contributed by atoms with Crippen LogP contribution in [0.3, 0.4) is 0 Å². The van der Waals surface area contributed by atoms with Crippen LogP contribution < -0.4 is 5.32 Å². The normalized spacial score (nSPS) is 10.7. The smallest absolute Gasteiger partial charge is 0.230 e. The van der Waals surface area contributed by atoms with Gasteiger partial charge in [-0.05, 0) is 30.0 Å². The van der Waals surface area contributed by atoms with Crippen LogP contribution in [-0.2, 0) is 17.6 Å². The largest absolute Gasteiger partial charge is 0.302 e. The Labute approximate surface area is 175 Å². The molecular formula is C25H22N2OS. The maximum absolute atomic E-state index is 12.3. The van der Waals surface area contributed by atoms with Gasteiger partial charge in [0.25, 0.3) is 0 Å². The van der Waals surface area contributed by atoms with Crippen molar-refractivity contribution in [3.63, 3.8) is 0 Å². The average Bonchev–Trinajstić information content (AvgIpc) is 3.19. The van der Waals surface area contributed by atoms with Crippen molar-refractivity contribution in [2.24, 2.45) is 0 Å². The van der Waals surface area contributed by atoms with Crippen LogP contribution in [0, 0.1) is 6.92 Å². The van der Waals surface area contributed by atoms with Crippen molar-refractivity contribution in [1.29, 1.82) is 0 Å². The molecule has 0 saturated heterocycles. The molecular weight excluding hydrogens is 376 g/mol. The summed E-state index contributed by atoms with van der Waals surface area (Å²) in [5.74, 6) is -0.0482. The van der Waals surface area contributed by atoms with Crippen LogP contribution in [0.5, 0.6) is 0 Å². The van der Waals surface area contributed by atoms with Gasteiger partial charge in [0.15, 0.2) is 5.13 Å². The van der Waals surface area contributed by atoms with E-state index in [4.69, 9.17) is 0 Å². The summed E-state index contributed by atoms with van der Waals surface area (Å²) in [6, 6.07) is 26.9. The molecule has 0 bridgehead atoms. The molecule has 3 aromatic carbocycles. The van der Waals surface area contributed by atoms with E-state index in [0.717, 1.165) is 23.2 Å². The van der Waals surface area contributed by atoms with Crippen molar-refractivity contribution >= 4 is 22.4 Å². The first-order valence-corrected chi connectivity index (χ1v) is 10.5. The fourth-order valence-electron chi connectivity index (χ4n) is 3.14. The summed E-state index contributed by atoms with van der Waals surface area (Å²) in [5.41, 5.74) is 6.69. The predicted molar refractivity (Wildman–Crippen MR) is 120 cm³/mol. The molecule has 3 nitrogen and oxygen atoms in total. The lowest BCUT2D eigenvalue weighted by Gasteiger charge is -2.04. The fourth-order valence-corrected chi connectivity index (χ4v) is 3.88. The van der Waals surface area contributed by atoms with E-state index in [0.29, 0.717) is 11.6 Å². The van der Waals surface area contributed by atoms with E-state index in [2.05, 4.69) is 58.8 Å².